The van der Waals surface area contributed by atoms with Crippen LogP contribution in [0.5, 0.6) is 0 Å². The summed E-state index contributed by atoms with van der Waals surface area (Å²) in [6.45, 7) is 5.50. The Labute approximate surface area is 194 Å². The molecule has 0 fully saturated rings. The predicted molar refractivity (Wildman–Crippen MR) is 122 cm³/mol. The van der Waals surface area contributed by atoms with Gasteiger partial charge in [0.15, 0.2) is 6.10 Å². The number of nitrogens with zero attached hydrogens (tertiary/aromatic N) is 2. The van der Waals surface area contributed by atoms with E-state index in [1.54, 1.807) is 11.6 Å². The van der Waals surface area contributed by atoms with Crippen LogP contribution >= 0.6 is 11.6 Å². The maximum absolute atomic E-state index is 13.7. The van der Waals surface area contributed by atoms with Gasteiger partial charge in [-0.15, -0.1) is 0 Å². The maximum Gasteiger partial charge on any atom is 0.331 e. The minimum atomic E-state index is -1.29. The zero-order valence-electron chi connectivity index (χ0n) is 18.2. The van der Waals surface area contributed by atoms with Crippen LogP contribution < -0.4 is 5.32 Å². The van der Waals surface area contributed by atoms with Crippen molar-refractivity contribution >= 4 is 35.2 Å². The Hall–Kier alpha value is -3.52. The normalized spacial score (nSPS) is 12.1. The lowest BCUT2D eigenvalue weighted by Gasteiger charge is -2.13. The molecule has 0 aliphatic heterocycles. The van der Waals surface area contributed by atoms with Gasteiger partial charge in [-0.05, 0) is 44.5 Å². The first kappa shape index (κ1) is 24.1. The Balaban J connectivity index is 1.63. The zero-order chi connectivity index (χ0) is 24.1. The molecule has 1 unspecified atom stereocenters. The monoisotopic (exact) mass is 473 g/mol. The van der Waals surface area contributed by atoms with Crippen LogP contribution in [0, 0.1) is 25.5 Å². The van der Waals surface area contributed by atoms with Gasteiger partial charge < -0.3 is 10.1 Å². The molecule has 3 aromatic rings. The summed E-state index contributed by atoms with van der Waals surface area (Å²) in [5, 5.41) is 6.83. The molecular weight excluding hydrogens is 452 g/mol. The van der Waals surface area contributed by atoms with Gasteiger partial charge in [0.05, 0.1) is 12.2 Å². The second-order valence-corrected chi connectivity index (χ2v) is 7.79. The number of aryl methyl sites for hydroxylation is 2. The van der Waals surface area contributed by atoms with Crippen LogP contribution in [0.25, 0.3) is 6.08 Å². The number of carbonyl (C=O) groups is 2. The van der Waals surface area contributed by atoms with Crippen molar-refractivity contribution in [1.82, 2.24) is 9.78 Å². The van der Waals surface area contributed by atoms with Crippen molar-refractivity contribution in [2.45, 2.75) is 33.4 Å². The molecule has 0 radical (unpaired) electrons. The summed E-state index contributed by atoms with van der Waals surface area (Å²) in [6, 6.07) is 11.1. The largest absolute Gasteiger partial charge is 0.449 e. The molecule has 1 heterocycles. The summed E-state index contributed by atoms with van der Waals surface area (Å²) >= 11 is 6.43. The molecule has 2 aromatic carbocycles. The van der Waals surface area contributed by atoms with Gasteiger partial charge in [-0.3, -0.25) is 4.79 Å². The molecule has 0 saturated carbocycles. The lowest BCUT2D eigenvalue weighted by atomic mass is 10.1. The molecule has 1 amide bonds. The molecule has 3 rings (SSSR count). The quantitative estimate of drug-likeness (QED) is 0.384. The highest BCUT2D eigenvalue weighted by atomic mass is 35.5. The zero-order valence-corrected chi connectivity index (χ0v) is 19.0. The number of nitrogens with one attached hydrogen (secondary N) is 1. The van der Waals surface area contributed by atoms with Crippen LogP contribution in [-0.4, -0.2) is 27.8 Å². The molecule has 172 valence electrons. The molecule has 9 heteroatoms. The Morgan fingerprint density at radius 1 is 1.15 bits per heavy atom. The topological polar surface area (TPSA) is 73.2 Å². The molecule has 1 atom stereocenters. The SMILES string of the molecule is Cc1ccc(Cn2nc(C)c(/C=C/C(=O)OC(C)C(=O)Nc3c(F)cccc3F)c2Cl)cc1. The third-order valence-electron chi connectivity index (χ3n) is 4.82. The van der Waals surface area contributed by atoms with E-state index < -0.39 is 35.3 Å². The Morgan fingerprint density at radius 3 is 2.42 bits per heavy atom. The summed E-state index contributed by atoms with van der Waals surface area (Å²) in [5.74, 6) is -3.57. The minimum absolute atomic E-state index is 0.345. The Kier molecular flexibility index (Phi) is 7.60. The van der Waals surface area contributed by atoms with E-state index in [4.69, 9.17) is 16.3 Å². The molecule has 0 aliphatic carbocycles. The van der Waals surface area contributed by atoms with E-state index in [2.05, 4.69) is 10.4 Å². The fraction of sp³-hybridized carbons (Fsp3) is 0.208. The number of para-hydroxylation sites is 1. The van der Waals surface area contributed by atoms with E-state index in [-0.39, 0.29) is 0 Å². The average Bonchev–Trinajstić information content (AvgIpc) is 3.03. The van der Waals surface area contributed by atoms with Crippen molar-refractivity contribution in [3.05, 3.63) is 87.7 Å². The highest BCUT2D eigenvalue weighted by Gasteiger charge is 2.20. The molecule has 0 bridgehead atoms. The number of hydrogen-bond donors (Lipinski definition) is 1. The molecule has 33 heavy (non-hydrogen) atoms. The third kappa shape index (κ3) is 6.04. The lowest BCUT2D eigenvalue weighted by molar-refractivity contribution is -0.148. The number of aromatic nitrogens is 2. The summed E-state index contributed by atoms with van der Waals surface area (Å²) in [6.07, 6.45) is 1.27. The van der Waals surface area contributed by atoms with E-state index in [9.17, 15) is 18.4 Å². The van der Waals surface area contributed by atoms with E-state index >= 15 is 0 Å². The number of carbonyl (C=O) groups excluding carboxylic acids is 2. The van der Waals surface area contributed by atoms with Crippen LogP contribution in [0.15, 0.2) is 48.5 Å². The number of esters is 1. The van der Waals surface area contributed by atoms with E-state index in [1.807, 2.05) is 31.2 Å². The fourth-order valence-electron chi connectivity index (χ4n) is 2.99. The molecule has 0 aliphatic rings. The van der Waals surface area contributed by atoms with Crippen molar-refractivity contribution < 1.29 is 23.1 Å². The number of hydrogen-bond acceptors (Lipinski definition) is 4. The summed E-state index contributed by atoms with van der Waals surface area (Å²) in [7, 11) is 0. The molecule has 0 spiro atoms. The summed E-state index contributed by atoms with van der Waals surface area (Å²) < 4.78 is 34.0. The van der Waals surface area contributed by atoms with Gasteiger partial charge in [0.1, 0.15) is 22.5 Å². The standard InChI is InChI=1S/C24H22ClF2N3O3/c1-14-7-9-17(10-8-14)13-30-23(25)18(15(2)29-30)11-12-21(31)33-16(3)24(32)28-22-19(26)5-4-6-20(22)27/h4-12,16H,13H2,1-3H3,(H,28,32)/b12-11+. The fourth-order valence-corrected chi connectivity index (χ4v) is 3.29. The van der Waals surface area contributed by atoms with Gasteiger partial charge >= 0.3 is 5.97 Å². The molecule has 0 saturated heterocycles. The maximum atomic E-state index is 13.7. The predicted octanol–water partition coefficient (Wildman–Crippen LogP) is 5.06. The number of halogens is 3. The van der Waals surface area contributed by atoms with Crippen LogP contribution in [-0.2, 0) is 20.9 Å². The summed E-state index contributed by atoms with van der Waals surface area (Å²) in [4.78, 5) is 24.3. The van der Waals surface area contributed by atoms with Gasteiger partial charge in [0.25, 0.3) is 5.91 Å². The van der Waals surface area contributed by atoms with Crippen molar-refractivity contribution in [1.29, 1.82) is 0 Å². The number of amides is 1. The Bertz CT molecular complexity index is 1190. The van der Waals surface area contributed by atoms with Crippen molar-refractivity contribution in [3.8, 4) is 0 Å². The van der Waals surface area contributed by atoms with Crippen LogP contribution in [0.2, 0.25) is 5.15 Å². The van der Waals surface area contributed by atoms with Crippen molar-refractivity contribution in [3.63, 3.8) is 0 Å². The first-order chi connectivity index (χ1) is 15.7. The minimum Gasteiger partial charge on any atom is -0.449 e. The van der Waals surface area contributed by atoms with Gasteiger partial charge in [0, 0.05) is 11.6 Å². The second kappa shape index (κ2) is 10.4. The second-order valence-electron chi connectivity index (χ2n) is 7.43. The first-order valence-electron chi connectivity index (χ1n) is 10.1. The van der Waals surface area contributed by atoms with Gasteiger partial charge in [-0.25, -0.2) is 18.3 Å². The first-order valence-corrected chi connectivity index (χ1v) is 10.5. The van der Waals surface area contributed by atoms with Crippen molar-refractivity contribution in [2.75, 3.05) is 5.32 Å². The lowest BCUT2D eigenvalue weighted by Crippen LogP contribution is -2.30. The van der Waals surface area contributed by atoms with Gasteiger partial charge in [-0.2, -0.15) is 5.10 Å². The average molecular weight is 474 g/mol. The number of rotatable bonds is 7. The molecule has 6 nitrogen and oxygen atoms in total. The number of ether oxygens (including phenoxy) is 1. The van der Waals surface area contributed by atoms with Crippen molar-refractivity contribution in [2.24, 2.45) is 0 Å². The molecule has 1 N–H and O–H groups in total. The highest BCUT2D eigenvalue weighted by Crippen LogP contribution is 2.23. The van der Waals surface area contributed by atoms with Crippen LogP contribution in [0.4, 0.5) is 14.5 Å². The van der Waals surface area contributed by atoms with E-state index in [1.165, 1.54) is 19.1 Å². The van der Waals surface area contributed by atoms with Crippen LogP contribution in [0.1, 0.15) is 29.3 Å². The smallest absolute Gasteiger partial charge is 0.331 e. The molecule has 1 aromatic heterocycles. The number of anilines is 1. The van der Waals surface area contributed by atoms with Gasteiger partial charge in [0.2, 0.25) is 0 Å². The van der Waals surface area contributed by atoms with E-state index in [0.29, 0.717) is 23.0 Å². The summed E-state index contributed by atoms with van der Waals surface area (Å²) in [5.41, 5.74) is 2.70. The van der Waals surface area contributed by atoms with Gasteiger partial charge in [-0.1, -0.05) is 47.5 Å². The Morgan fingerprint density at radius 2 is 1.79 bits per heavy atom. The molecular formula is C24H22ClF2N3O3. The van der Waals surface area contributed by atoms with E-state index in [0.717, 1.165) is 29.3 Å². The van der Waals surface area contributed by atoms with Crippen LogP contribution in [0.3, 0.4) is 0 Å². The highest BCUT2D eigenvalue weighted by molar-refractivity contribution is 6.31. The third-order valence-corrected chi connectivity index (χ3v) is 5.22. The number of benzene rings is 2.